The summed E-state index contributed by atoms with van der Waals surface area (Å²) in [7, 11) is 0. The van der Waals surface area contributed by atoms with Crippen LogP contribution in [-0.2, 0) is 4.74 Å². The number of carbonyl (C=O) groups is 1. The molecule has 2 aromatic heterocycles. The van der Waals surface area contributed by atoms with Crippen LogP contribution in [0.2, 0.25) is 0 Å². The zero-order valence-corrected chi connectivity index (χ0v) is 13.1. The first-order valence-electron chi connectivity index (χ1n) is 7.48. The predicted molar refractivity (Wildman–Crippen MR) is 79.6 cm³/mol. The molecule has 22 heavy (non-hydrogen) atoms. The summed E-state index contributed by atoms with van der Waals surface area (Å²) in [5, 5.41) is 7.65. The molecule has 0 N–H and O–H groups in total. The van der Waals surface area contributed by atoms with Gasteiger partial charge in [0, 0.05) is 18.5 Å². The van der Waals surface area contributed by atoms with Crippen LogP contribution in [0.3, 0.4) is 0 Å². The molecule has 0 aliphatic carbocycles. The number of aromatic nitrogens is 2. The standard InChI is InChI=1S/C15H17N3O3S/c1-9-16-14(21-17-9)12-6-10-2-4-18(7-13(10)20-12)15(19)11-3-5-22-8-11/h3,5,8,10,12-13H,2,4,6-7H2,1H3/t10-,12+,13+/m1/s1. The van der Waals surface area contributed by atoms with Gasteiger partial charge < -0.3 is 14.2 Å². The Morgan fingerprint density at radius 2 is 2.41 bits per heavy atom. The van der Waals surface area contributed by atoms with Gasteiger partial charge in [-0.15, -0.1) is 0 Å². The lowest BCUT2D eigenvalue weighted by molar-refractivity contribution is -0.0137. The number of thiophene rings is 1. The predicted octanol–water partition coefficient (Wildman–Crippen LogP) is 2.43. The molecular formula is C15H17N3O3S. The van der Waals surface area contributed by atoms with Gasteiger partial charge in [-0.1, -0.05) is 5.16 Å². The van der Waals surface area contributed by atoms with Gasteiger partial charge >= 0.3 is 0 Å². The van der Waals surface area contributed by atoms with Crippen molar-refractivity contribution in [2.75, 3.05) is 13.1 Å². The topological polar surface area (TPSA) is 68.5 Å². The third-order valence-corrected chi connectivity index (χ3v) is 5.11. The van der Waals surface area contributed by atoms with Crippen LogP contribution in [0.1, 0.15) is 41.0 Å². The van der Waals surface area contributed by atoms with Crippen LogP contribution in [0.25, 0.3) is 0 Å². The molecule has 4 heterocycles. The van der Waals surface area contributed by atoms with Crippen molar-refractivity contribution < 1.29 is 14.1 Å². The first-order chi connectivity index (χ1) is 10.7. The van der Waals surface area contributed by atoms with Crippen molar-refractivity contribution >= 4 is 17.2 Å². The molecule has 0 radical (unpaired) electrons. The maximum absolute atomic E-state index is 12.4. The van der Waals surface area contributed by atoms with Crippen LogP contribution in [0.5, 0.6) is 0 Å². The molecule has 116 valence electrons. The Bertz CT molecular complexity index is 669. The molecule has 7 heteroatoms. The summed E-state index contributed by atoms with van der Waals surface area (Å²) in [6.07, 6.45) is 1.79. The maximum Gasteiger partial charge on any atom is 0.255 e. The van der Waals surface area contributed by atoms with Crippen LogP contribution < -0.4 is 0 Å². The summed E-state index contributed by atoms with van der Waals surface area (Å²) in [5.41, 5.74) is 0.769. The Kier molecular flexibility index (Phi) is 3.46. The molecule has 0 spiro atoms. The van der Waals surface area contributed by atoms with Gasteiger partial charge in [0.15, 0.2) is 5.82 Å². The number of likely N-dealkylation sites (tertiary alicyclic amines) is 1. The number of hydrogen-bond acceptors (Lipinski definition) is 6. The van der Waals surface area contributed by atoms with E-state index in [-0.39, 0.29) is 18.1 Å². The van der Waals surface area contributed by atoms with Crippen molar-refractivity contribution in [2.24, 2.45) is 5.92 Å². The molecule has 2 saturated heterocycles. The average molecular weight is 319 g/mol. The van der Waals surface area contributed by atoms with Gasteiger partial charge in [0.05, 0.1) is 11.7 Å². The summed E-state index contributed by atoms with van der Waals surface area (Å²) >= 11 is 1.54. The van der Waals surface area contributed by atoms with Crippen LogP contribution in [0.15, 0.2) is 21.3 Å². The van der Waals surface area contributed by atoms with E-state index in [9.17, 15) is 4.79 Å². The lowest BCUT2D eigenvalue weighted by Gasteiger charge is -2.33. The van der Waals surface area contributed by atoms with Crippen LogP contribution in [0, 0.1) is 12.8 Å². The zero-order valence-electron chi connectivity index (χ0n) is 12.3. The Balaban J connectivity index is 1.44. The Hall–Kier alpha value is -1.73. The molecule has 0 bridgehead atoms. The summed E-state index contributed by atoms with van der Waals surface area (Å²) in [6.45, 7) is 3.23. The Morgan fingerprint density at radius 3 is 3.14 bits per heavy atom. The molecule has 4 rings (SSSR count). The Morgan fingerprint density at radius 1 is 1.50 bits per heavy atom. The summed E-state index contributed by atoms with van der Waals surface area (Å²) in [4.78, 5) is 18.6. The number of carbonyl (C=O) groups excluding carboxylic acids is 1. The SMILES string of the molecule is Cc1noc([C@@H]2C[C@H]3CCN(C(=O)c4ccsc4)C[C@@H]3O2)n1. The summed E-state index contributed by atoms with van der Waals surface area (Å²) in [5.74, 6) is 1.74. The number of ether oxygens (including phenoxy) is 1. The minimum atomic E-state index is -0.132. The highest BCUT2D eigenvalue weighted by Crippen LogP contribution is 2.40. The first kappa shape index (κ1) is 13.9. The van der Waals surface area contributed by atoms with E-state index in [1.54, 1.807) is 18.3 Å². The van der Waals surface area contributed by atoms with Crippen molar-refractivity contribution in [2.45, 2.75) is 32.0 Å². The molecule has 2 fully saturated rings. The van der Waals surface area contributed by atoms with E-state index in [1.165, 1.54) is 0 Å². The molecule has 6 nitrogen and oxygen atoms in total. The van der Waals surface area contributed by atoms with Crippen molar-refractivity contribution in [1.82, 2.24) is 15.0 Å². The number of nitrogens with zero attached hydrogens (tertiary/aromatic N) is 3. The monoisotopic (exact) mass is 319 g/mol. The normalized spacial score (nSPS) is 27.9. The second-order valence-electron chi connectivity index (χ2n) is 5.89. The van der Waals surface area contributed by atoms with Crippen LogP contribution >= 0.6 is 11.3 Å². The lowest BCUT2D eigenvalue weighted by Crippen LogP contribution is -2.45. The third kappa shape index (κ3) is 2.44. The lowest BCUT2D eigenvalue weighted by atomic mass is 9.91. The fraction of sp³-hybridized carbons (Fsp3) is 0.533. The number of amides is 1. The number of fused-ring (bicyclic) bond motifs is 1. The molecule has 0 saturated carbocycles. The van der Waals surface area contributed by atoms with E-state index in [4.69, 9.17) is 9.26 Å². The minimum Gasteiger partial charge on any atom is -0.363 e. The maximum atomic E-state index is 12.4. The van der Waals surface area contributed by atoms with Gasteiger partial charge in [-0.25, -0.2) is 0 Å². The van der Waals surface area contributed by atoms with E-state index in [1.807, 2.05) is 21.7 Å². The largest absolute Gasteiger partial charge is 0.363 e. The molecular weight excluding hydrogens is 302 g/mol. The smallest absolute Gasteiger partial charge is 0.255 e. The van der Waals surface area contributed by atoms with Crippen LogP contribution in [0.4, 0.5) is 0 Å². The average Bonchev–Trinajstić information content (AvgIpc) is 3.25. The quantitative estimate of drug-likeness (QED) is 0.850. The highest BCUT2D eigenvalue weighted by molar-refractivity contribution is 7.08. The molecule has 2 aromatic rings. The number of hydrogen-bond donors (Lipinski definition) is 0. The van der Waals surface area contributed by atoms with E-state index >= 15 is 0 Å². The number of rotatable bonds is 2. The van der Waals surface area contributed by atoms with E-state index < -0.39 is 0 Å². The van der Waals surface area contributed by atoms with Gasteiger partial charge in [0.2, 0.25) is 0 Å². The second-order valence-corrected chi connectivity index (χ2v) is 6.67. The van der Waals surface area contributed by atoms with E-state index in [0.717, 1.165) is 24.9 Å². The first-order valence-corrected chi connectivity index (χ1v) is 8.42. The molecule has 3 atom stereocenters. The second kappa shape index (κ2) is 5.48. The van der Waals surface area contributed by atoms with Crippen molar-refractivity contribution in [3.8, 4) is 0 Å². The van der Waals surface area contributed by atoms with E-state index in [0.29, 0.717) is 24.2 Å². The van der Waals surface area contributed by atoms with Gasteiger partial charge in [-0.3, -0.25) is 4.79 Å². The van der Waals surface area contributed by atoms with Gasteiger partial charge in [0.25, 0.3) is 11.8 Å². The highest BCUT2D eigenvalue weighted by atomic mass is 32.1. The fourth-order valence-corrected chi connectivity index (χ4v) is 3.92. The highest BCUT2D eigenvalue weighted by Gasteiger charge is 2.42. The number of aryl methyl sites for hydroxylation is 1. The van der Waals surface area contributed by atoms with Crippen molar-refractivity contribution in [3.05, 3.63) is 34.1 Å². The molecule has 0 aromatic carbocycles. The third-order valence-electron chi connectivity index (χ3n) is 4.43. The number of piperidine rings is 1. The molecule has 2 aliphatic rings. The molecule has 0 unspecified atom stereocenters. The van der Waals surface area contributed by atoms with Gasteiger partial charge in [0.1, 0.15) is 6.10 Å². The fourth-order valence-electron chi connectivity index (χ4n) is 3.29. The van der Waals surface area contributed by atoms with Crippen molar-refractivity contribution in [3.63, 3.8) is 0 Å². The summed E-state index contributed by atoms with van der Waals surface area (Å²) in [6, 6.07) is 1.87. The van der Waals surface area contributed by atoms with Crippen molar-refractivity contribution in [1.29, 1.82) is 0 Å². The summed E-state index contributed by atoms with van der Waals surface area (Å²) < 4.78 is 11.3. The van der Waals surface area contributed by atoms with Gasteiger partial charge in [-0.2, -0.15) is 16.3 Å². The Labute approximate surface area is 132 Å². The van der Waals surface area contributed by atoms with E-state index in [2.05, 4.69) is 10.1 Å². The molecule has 2 aliphatic heterocycles. The zero-order chi connectivity index (χ0) is 15.1. The molecule has 1 amide bonds. The minimum absolute atomic E-state index is 0.0635. The van der Waals surface area contributed by atoms with Gasteiger partial charge in [-0.05, 0) is 37.1 Å². The van der Waals surface area contributed by atoms with Crippen LogP contribution in [-0.4, -0.2) is 40.1 Å².